The Morgan fingerprint density at radius 2 is 1.79 bits per heavy atom. The highest BCUT2D eigenvalue weighted by Crippen LogP contribution is 2.38. The highest BCUT2D eigenvalue weighted by molar-refractivity contribution is 7.99. The third kappa shape index (κ3) is 7.05. The summed E-state index contributed by atoms with van der Waals surface area (Å²) in [7, 11) is 0. The number of thiophene rings is 1. The van der Waals surface area contributed by atoms with Gasteiger partial charge in [0.25, 0.3) is 0 Å². The fourth-order valence-corrected chi connectivity index (χ4v) is 6.81. The maximum absolute atomic E-state index is 13.7. The van der Waals surface area contributed by atoms with Crippen LogP contribution in [0.4, 0.5) is 9.39 Å². The van der Waals surface area contributed by atoms with Crippen LogP contribution >= 0.6 is 23.1 Å². The molecule has 0 saturated carbocycles. The molecule has 0 saturated heterocycles. The van der Waals surface area contributed by atoms with Crippen molar-refractivity contribution in [3.63, 3.8) is 0 Å². The van der Waals surface area contributed by atoms with Crippen LogP contribution in [0.2, 0.25) is 0 Å². The largest absolute Gasteiger partial charge is 0.462 e. The minimum atomic E-state index is -0.421. The normalized spacial score (nSPS) is 12.4. The molecule has 9 nitrogen and oxygen atoms in total. The van der Waals surface area contributed by atoms with Crippen molar-refractivity contribution in [1.29, 1.82) is 0 Å². The van der Waals surface area contributed by atoms with E-state index in [4.69, 9.17) is 4.74 Å². The Kier molecular flexibility index (Phi) is 9.65. The molecular formula is C30H30FN5O4S2. The quantitative estimate of drug-likeness (QED) is 0.180. The number of benzene rings is 2. The van der Waals surface area contributed by atoms with Gasteiger partial charge in [0, 0.05) is 10.6 Å². The van der Waals surface area contributed by atoms with E-state index in [1.54, 1.807) is 23.6 Å². The van der Waals surface area contributed by atoms with Crippen molar-refractivity contribution >= 4 is 45.9 Å². The number of esters is 1. The number of thioether (sulfide) groups is 1. The van der Waals surface area contributed by atoms with E-state index in [2.05, 4.69) is 20.8 Å². The summed E-state index contributed by atoms with van der Waals surface area (Å²) in [6.07, 6.45) is 3.92. The first-order valence-electron chi connectivity index (χ1n) is 13.7. The number of amides is 2. The summed E-state index contributed by atoms with van der Waals surface area (Å²) in [5.41, 5.74) is 2.91. The average Bonchev–Trinajstić information content (AvgIpc) is 3.57. The van der Waals surface area contributed by atoms with Gasteiger partial charge in [-0.15, -0.1) is 21.5 Å². The Morgan fingerprint density at radius 3 is 2.55 bits per heavy atom. The number of aromatic nitrogens is 3. The van der Waals surface area contributed by atoms with Crippen LogP contribution in [-0.2, 0) is 40.1 Å². The molecule has 0 bridgehead atoms. The number of anilines is 1. The second kappa shape index (κ2) is 13.8. The van der Waals surface area contributed by atoms with Crippen LogP contribution in [0.1, 0.15) is 52.0 Å². The zero-order valence-corrected chi connectivity index (χ0v) is 24.7. The molecular weight excluding hydrogens is 577 g/mol. The number of carbonyl (C=O) groups excluding carboxylic acids is 3. The summed E-state index contributed by atoms with van der Waals surface area (Å²) < 4.78 is 20.7. The Bertz CT molecular complexity index is 1570. The van der Waals surface area contributed by atoms with Crippen LogP contribution in [-0.4, -0.2) is 44.9 Å². The molecule has 1 aliphatic carbocycles. The molecule has 12 heteroatoms. The predicted octanol–water partition coefficient (Wildman–Crippen LogP) is 5.11. The summed E-state index contributed by atoms with van der Waals surface area (Å²) in [5.74, 6) is -0.884. The summed E-state index contributed by atoms with van der Waals surface area (Å²) in [6, 6.07) is 15.2. The van der Waals surface area contributed by atoms with Crippen LogP contribution in [0.5, 0.6) is 0 Å². The number of hydrogen-bond donors (Lipinski definition) is 2. The van der Waals surface area contributed by atoms with Crippen LogP contribution in [0, 0.1) is 5.82 Å². The number of hydrogen-bond acceptors (Lipinski definition) is 8. The van der Waals surface area contributed by atoms with Gasteiger partial charge in [0.1, 0.15) is 10.8 Å². The van der Waals surface area contributed by atoms with Gasteiger partial charge in [-0.05, 0) is 68.0 Å². The number of ether oxygens (including phenoxy) is 1. The SMILES string of the molecule is CCOC(=O)c1c(NC(=O)CSc2nnc(CNC(=O)Cc3ccccc3)n2-c2ccc(F)cc2)sc2c1CCCC2. The Morgan fingerprint density at radius 1 is 1.02 bits per heavy atom. The molecule has 0 fully saturated rings. The van der Waals surface area contributed by atoms with Crippen molar-refractivity contribution in [1.82, 2.24) is 20.1 Å². The van der Waals surface area contributed by atoms with Crippen molar-refractivity contribution < 1.29 is 23.5 Å². The predicted molar refractivity (Wildman–Crippen MR) is 160 cm³/mol. The molecule has 5 rings (SSSR count). The lowest BCUT2D eigenvalue weighted by Gasteiger charge is -2.12. The van der Waals surface area contributed by atoms with E-state index in [9.17, 15) is 18.8 Å². The lowest BCUT2D eigenvalue weighted by atomic mass is 9.95. The van der Waals surface area contributed by atoms with E-state index in [-0.39, 0.29) is 37.1 Å². The maximum Gasteiger partial charge on any atom is 0.341 e. The zero-order valence-electron chi connectivity index (χ0n) is 23.0. The molecule has 0 radical (unpaired) electrons. The lowest BCUT2D eigenvalue weighted by Crippen LogP contribution is -2.26. The number of nitrogens with one attached hydrogen (secondary N) is 2. The molecule has 218 valence electrons. The molecule has 42 heavy (non-hydrogen) atoms. The molecule has 0 atom stereocenters. The maximum atomic E-state index is 13.7. The number of nitrogens with zero attached hydrogens (tertiary/aromatic N) is 3. The number of halogens is 1. The number of aryl methyl sites for hydroxylation is 1. The van der Waals surface area contributed by atoms with Crippen LogP contribution in [0.15, 0.2) is 59.8 Å². The Balaban J connectivity index is 1.30. The second-order valence-corrected chi connectivity index (χ2v) is 11.7. The first-order valence-corrected chi connectivity index (χ1v) is 15.5. The van der Waals surface area contributed by atoms with Crippen molar-refractivity contribution in [2.45, 2.75) is 50.7 Å². The molecule has 0 aliphatic heterocycles. The summed E-state index contributed by atoms with van der Waals surface area (Å²) in [6.45, 7) is 2.10. The van der Waals surface area contributed by atoms with E-state index >= 15 is 0 Å². The summed E-state index contributed by atoms with van der Waals surface area (Å²) in [5, 5.41) is 15.2. The van der Waals surface area contributed by atoms with Gasteiger partial charge >= 0.3 is 5.97 Å². The molecule has 0 unspecified atom stereocenters. The molecule has 4 aromatic rings. The van der Waals surface area contributed by atoms with Gasteiger partial charge < -0.3 is 15.4 Å². The zero-order chi connectivity index (χ0) is 29.5. The minimum Gasteiger partial charge on any atom is -0.462 e. The van der Waals surface area contributed by atoms with Crippen molar-refractivity contribution in [2.24, 2.45) is 0 Å². The highest BCUT2D eigenvalue weighted by atomic mass is 32.2. The van der Waals surface area contributed by atoms with E-state index < -0.39 is 11.8 Å². The molecule has 2 aromatic carbocycles. The number of carbonyl (C=O) groups is 3. The van der Waals surface area contributed by atoms with Gasteiger partial charge in [0.2, 0.25) is 11.8 Å². The first kappa shape index (κ1) is 29.5. The standard InChI is InChI=1S/C30H30FN5O4S2/c1-2-40-29(39)27-22-10-6-7-11-23(22)42-28(27)33-26(38)18-41-30-35-34-24(36(30)21-14-12-20(31)13-15-21)17-32-25(37)16-19-8-4-3-5-9-19/h3-5,8-9,12-15H,2,6-7,10-11,16-18H2,1H3,(H,32,37)(H,33,38). The van der Waals surface area contributed by atoms with Crippen molar-refractivity contribution in [3.8, 4) is 5.69 Å². The smallest absolute Gasteiger partial charge is 0.341 e. The molecule has 1 aliphatic rings. The average molecular weight is 608 g/mol. The van der Waals surface area contributed by atoms with E-state index in [0.29, 0.717) is 27.2 Å². The van der Waals surface area contributed by atoms with Crippen molar-refractivity contribution in [2.75, 3.05) is 17.7 Å². The van der Waals surface area contributed by atoms with Crippen LogP contribution < -0.4 is 10.6 Å². The third-order valence-corrected chi connectivity index (χ3v) is 8.81. The second-order valence-electron chi connectivity index (χ2n) is 9.62. The van der Waals surface area contributed by atoms with Gasteiger partial charge in [-0.2, -0.15) is 0 Å². The van der Waals surface area contributed by atoms with E-state index in [0.717, 1.165) is 53.4 Å². The van der Waals surface area contributed by atoms with E-state index in [1.807, 2.05) is 30.3 Å². The lowest BCUT2D eigenvalue weighted by molar-refractivity contribution is -0.120. The van der Waals surface area contributed by atoms with Crippen LogP contribution in [0.3, 0.4) is 0 Å². The van der Waals surface area contributed by atoms with Crippen LogP contribution in [0.25, 0.3) is 5.69 Å². The Labute approximate surface area is 250 Å². The number of fused-ring (bicyclic) bond motifs is 1. The molecule has 2 aromatic heterocycles. The van der Waals surface area contributed by atoms with Crippen molar-refractivity contribution in [3.05, 3.63) is 87.8 Å². The fraction of sp³-hybridized carbons (Fsp3) is 0.300. The van der Waals surface area contributed by atoms with Gasteiger partial charge in [-0.1, -0.05) is 42.1 Å². The van der Waals surface area contributed by atoms with Gasteiger partial charge in [-0.25, -0.2) is 9.18 Å². The highest BCUT2D eigenvalue weighted by Gasteiger charge is 2.27. The first-order chi connectivity index (χ1) is 20.4. The van der Waals surface area contributed by atoms with Gasteiger partial charge in [-0.3, -0.25) is 14.2 Å². The van der Waals surface area contributed by atoms with Gasteiger partial charge in [0.05, 0.1) is 30.9 Å². The summed E-state index contributed by atoms with van der Waals surface area (Å²) in [4.78, 5) is 39.5. The Hall–Kier alpha value is -4.03. The molecule has 2 N–H and O–H groups in total. The monoisotopic (exact) mass is 607 g/mol. The molecule has 2 heterocycles. The van der Waals surface area contributed by atoms with E-state index in [1.165, 1.54) is 23.5 Å². The fourth-order valence-electron chi connectivity index (χ4n) is 4.75. The molecule has 2 amide bonds. The third-order valence-electron chi connectivity index (χ3n) is 6.67. The summed E-state index contributed by atoms with van der Waals surface area (Å²) >= 11 is 2.58. The minimum absolute atomic E-state index is 0.00940. The van der Waals surface area contributed by atoms with Gasteiger partial charge in [0.15, 0.2) is 11.0 Å². The molecule has 0 spiro atoms. The topological polar surface area (TPSA) is 115 Å². The number of rotatable bonds is 11.